The Morgan fingerprint density at radius 1 is 1.23 bits per heavy atom. The molecule has 1 aliphatic rings. The second-order valence-electron chi connectivity index (χ2n) is 7.02. The van der Waals surface area contributed by atoms with Crippen molar-refractivity contribution >= 4 is 0 Å². The molecule has 3 heteroatoms. The summed E-state index contributed by atoms with van der Waals surface area (Å²) in [4.78, 5) is 4.98. The van der Waals surface area contributed by atoms with Crippen LogP contribution in [0.5, 0.6) is 0 Å². The van der Waals surface area contributed by atoms with Crippen LogP contribution < -0.4 is 5.32 Å². The van der Waals surface area contributed by atoms with Gasteiger partial charge >= 0.3 is 0 Å². The predicted octanol–water partition coefficient (Wildman–Crippen LogP) is 2.54. The Kier molecular flexibility index (Phi) is 6.87. The molecule has 1 N–H and O–H groups in total. The van der Waals surface area contributed by atoms with Crippen molar-refractivity contribution in [3.05, 3.63) is 35.4 Å². The van der Waals surface area contributed by atoms with E-state index < -0.39 is 0 Å². The number of rotatable bonds is 7. The first kappa shape index (κ1) is 17.5. The molecule has 0 aliphatic carbocycles. The number of piperidine rings is 1. The zero-order chi connectivity index (χ0) is 15.9. The molecule has 0 amide bonds. The van der Waals surface area contributed by atoms with Gasteiger partial charge in [0.25, 0.3) is 0 Å². The first-order valence-electron chi connectivity index (χ1n) is 8.73. The first-order valence-corrected chi connectivity index (χ1v) is 8.73. The summed E-state index contributed by atoms with van der Waals surface area (Å²) in [6, 6.07) is 10.0. The van der Waals surface area contributed by atoms with E-state index in [0.717, 1.165) is 19.0 Å². The largest absolute Gasteiger partial charge is 0.313 e. The fourth-order valence-corrected chi connectivity index (χ4v) is 3.37. The fourth-order valence-electron chi connectivity index (χ4n) is 3.37. The van der Waals surface area contributed by atoms with Gasteiger partial charge in [-0.05, 0) is 71.4 Å². The molecular formula is C19H33N3. The lowest BCUT2D eigenvalue weighted by molar-refractivity contribution is 0.145. The summed E-state index contributed by atoms with van der Waals surface area (Å²) in [5.74, 6) is 0. The van der Waals surface area contributed by atoms with Crippen molar-refractivity contribution in [2.24, 2.45) is 0 Å². The second kappa shape index (κ2) is 8.66. The van der Waals surface area contributed by atoms with Crippen LogP contribution >= 0.6 is 0 Å². The van der Waals surface area contributed by atoms with E-state index in [1.54, 1.807) is 0 Å². The Labute approximate surface area is 136 Å². The monoisotopic (exact) mass is 303 g/mol. The topological polar surface area (TPSA) is 18.5 Å². The van der Waals surface area contributed by atoms with Gasteiger partial charge in [-0.25, -0.2) is 0 Å². The molecule has 1 aromatic rings. The molecule has 1 aliphatic heterocycles. The Hall–Kier alpha value is -0.900. The second-order valence-corrected chi connectivity index (χ2v) is 7.02. The Morgan fingerprint density at radius 3 is 2.55 bits per heavy atom. The van der Waals surface area contributed by atoms with Crippen molar-refractivity contribution < 1.29 is 0 Å². The van der Waals surface area contributed by atoms with Crippen LogP contribution in [0.3, 0.4) is 0 Å². The molecule has 0 bridgehead atoms. The normalized spacial score (nSPS) is 18.8. The summed E-state index contributed by atoms with van der Waals surface area (Å²) >= 11 is 0. The maximum absolute atomic E-state index is 3.69. The van der Waals surface area contributed by atoms with Gasteiger partial charge in [-0.1, -0.05) is 24.3 Å². The van der Waals surface area contributed by atoms with Gasteiger partial charge in [0.05, 0.1) is 0 Å². The number of nitrogens with zero attached hydrogens (tertiary/aromatic N) is 2. The highest BCUT2D eigenvalue weighted by atomic mass is 15.2. The highest BCUT2D eigenvalue weighted by Gasteiger charge is 2.20. The average molecular weight is 303 g/mol. The summed E-state index contributed by atoms with van der Waals surface area (Å²) in [5.41, 5.74) is 2.87. The maximum Gasteiger partial charge on any atom is 0.0113 e. The lowest BCUT2D eigenvalue weighted by atomic mass is 10.0. The molecule has 1 aromatic carbocycles. The van der Waals surface area contributed by atoms with Crippen molar-refractivity contribution in [3.63, 3.8) is 0 Å². The van der Waals surface area contributed by atoms with E-state index in [0.29, 0.717) is 6.04 Å². The molecule has 1 heterocycles. The summed E-state index contributed by atoms with van der Waals surface area (Å²) in [6.45, 7) is 9.27. The Morgan fingerprint density at radius 2 is 1.91 bits per heavy atom. The molecule has 1 fully saturated rings. The predicted molar refractivity (Wildman–Crippen MR) is 95.5 cm³/mol. The SMILES string of the molecule is Cc1ccccc1CC(C)NCCN1CCC(N(C)C)CC1. The lowest BCUT2D eigenvalue weighted by Gasteiger charge is -2.35. The lowest BCUT2D eigenvalue weighted by Crippen LogP contribution is -2.44. The van der Waals surface area contributed by atoms with Crippen molar-refractivity contribution in [2.45, 2.75) is 45.2 Å². The molecule has 22 heavy (non-hydrogen) atoms. The quantitative estimate of drug-likeness (QED) is 0.835. The van der Waals surface area contributed by atoms with Crippen LogP contribution in [0.15, 0.2) is 24.3 Å². The van der Waals surface area contributed by atoms with Gasteiger partial charge in [-0.2, -0.15) is 0 Å². The molecule has 1 saturated heterocycles. The minimum absolute atomic E-state index is 0.542. The van der Waals surface area contributed by atoms with Crippen LogP contribution in [-0.2, 0) is 6.42 Å². The number of likely N-dealkylation sites (tertiary alicyclic amines) is 1. The molecule has 124 valence electrons. The number of aryl methyl sites for hydroxylation is 1. The van der Waals surface area contributed by atoms with Gasteiger partial charge in [-0.3, -0.25) is 0 Å². The van der Waals surface area contributed by atoms with Crippen molar-refractivity contribution in [3.8, 4) is 0 Å². The van der Waals surface area contributed by atoms with Gasteiger partial charge in [0.2, 0.25) is 0 Å². The van der Waals surface area contributed by atoms with Crippen molar-refractivity contribution in [1.82, 2.24) is 15.1 Å². The number of benzene rings is 1. The van der Waals surface area contributed by atoms with Crippen LogP contribution in [0.1, 0.15) is 30.9 Å². The Bertz CT molecular complexity index is 436. The fraction of sp³-hybridized carbons (Fsp3) is 0.684. The molecule has 2 rings (SSSR count). The van der Waals surface area contributed by atoms with E-state index in [2.05, 4.69) is 67.3 Å². The van der Waals surface area contributed by atoms with E-state index >= 15 is 0 Å². The maximum atomic E-state index is 3.69. The van der Waals surface area contributed by atoms with Crippen LogP contribution in [0.2, 0.25) is 0 Å². The summed E-state index contributed by atoms with van der Waals surface area (Å²) in [5, 5.41) is 3.69. The number of hydrogen-bond acceptors (Lipinski definition) is 3. The van der Waals surface area contributed by atoms with Gasteiger partial charge in [-0.15, -0.1) is 0 Å². The van der Waals surface area contributed by atoms with E-state index in [1.807, 2.05) is 0 Å². The van der Waals surface area contributed by atoms with Gasteiger partial charge in [0.1, 0.15) is 0 Å². The smallest absolute Gasteiger partial charge is 0.0113 e. The summed E-state index contributed by atoms with van der Waals surface area (Å²) < 4.78 is 0. The minimum Gasteiger partial charge on any atom is -0.313 e. The third kappa shape index (κ3) is 5.38. The minimum atomic E-state index is 0.542. The van der Waals surface area contributed by atoms with E-state index in [4.69, 9.17) is 0 Å². The summed E-state index contributed by atoms with van der Waals surface area (Å²) in [7, 11) is 4.41. The van der Waals surface area contributed by atoms with E-state index in [-0.39, 0.29) is 0 Å². The molecule has 1 atom stereocenters. The van der Waals surface area contributed by atoms with E-state index in [9.17, 15) is 0 Å². The molecule has 0 radical (unpaired) electrons. The average Bonchev–Trinajstić information content (AvgIpc) is 2.50. The van der Waals surface area contributed by atoms with Gasteiger partial charge < -0.3 is 15.1 Å². The molecule has 1 unspecified atom stereocenters. The highest BCUT2D eigenvalue weighted by Crippen LogP contribution is 2.13. The van der Waals surface area contributed by atoms with Crippen molar-refractivity contribution in [2.75, 3.05) is 40.3 Å². The third-order valence-corrected chi connectivity index (χ3v) is 5.00. The zero-order valence-electron chi connectivity index (χ0n) is 14.8. The van der Waals surface area contributed by atoms with Crippen LogP contribution in [-0.4, -0.2) is 62.2 Å². The number of hydrogen-bond donors (Lipinski definition) is 1. The third-order valence-electron chi connectivity index (χ3n) is 5.00. The van der Waals surface area contributed by atoms with Gasteiger partial charge in [0.15, 0.2) is 0 Å². The highest BCUT2D eigenvalue weighted by molar-refractivity contribution is 5.26. The van der Waals surface area contributed by atoms with Crippen molar-refractivity contribution in [1.29, 1.82) is 0 Å². The standard InChI is InChI=1S/C19H33N3/c1-16-7-5-6-8-18(16)15-17(2)20-11-14-22-12-9-19(10-13-22)21(3)4/h5-8,17,19-20H,9-15H2,1-4H3. The molecule has 3 nitrogen and oxygen atoms in total. The Balaban J connectivity index is 1.64. The van der Waals surface area contributed by atoms with Crippen LogP contribution in [0.4, 0.5) is 0 Å². The molecule has 0 aromatic heterocycles. The first-order chi connectivity index (χ1) is 10.6. The van der Waals surface area contributed by atoms with Crippen LogP contribution in [0.25, 0.3) is 0 Å². The molecule has 0 saturated carbocycles. The molecule has 0 spiro atoms. The molecular weight excluding hydrogens is 270 g/mol. The number of nitrogens with one attached hydrogen (secondary N) is 1. The van der Waals surface area contributed by atoms with E-state index in [1.165, 1.54) is 43.6 Å². The van der Waals surface area contributed by atoms with Gasteiger partial charge in [0, 0.05) is 25.2 Å². The van der Waals surface area contributed by atoms with Crippen LogP contribution in [0, 0.1) is 6.92 Å². The summed E-state index contributed by atoms with van der Waals surface area (Å²) in [6.07, 6.45) is 3.74. The zero-order valence-corrected chi connectivity index (χ0v) is 14.8.